The molecule has 0 heterocycles. The molecule has 0 aliphatic carbocycles. The SMILES string of the molecule is CCOC(=O)Cc1ccc(OC/C=C/c2ccc(/C=C/COc3ccc(CC(=O)OCC)c(Cl)c3)cc2)c(Cl)c1. The van der Waals surface area contributed by atoms with Gasteiger partial charge < -0.3 is 18.9 Å². The summed E-state index contributed by atoms with van der Waals surface area (Å²) in [4.78, 5) is 23.3. The highest BCUT2D eigenvalue weighted by molar-refractivity contribution is 6.32. The van der Waals surface area contributed by atoms with E-state index in [4.69, 9.17) is 42.1 Å². The van der Waals surface area contributed by atoms with E-state index in [-0.39, 0.29) is 24.8 Å². The molecule has 3 aromatic rings. The summed E-state index contributed by atoms with van der Waals surface area (Å²) in [5.41, 5.74) is 3.55. The summed E-state index contributed by atoms with van der Waals surface area (Å²) in [6, 6.07) is 18.6. The fourth-order valence-electron chi connectivity index (χ4n) is 3.65. The lowest BCUT2D eigenvalue weighted by molar-refractivity contribution is -0.143. The number of hydrogen-bond donors (Lipinski definition) is 0. The van der Waals surface area contributed by atoms with Crippen LogP contribution in [0.4, 0.5) is 0 Å². The molecule has 3 aromatic carbocycles. The lowest BCUT2D eigenvalue weighted by Crippen LogP contribution is -2.07. The molecule has 0 amide bonds. The third-order valence-corrected chi connectivity index (χ3v) is 6.20. The molecule has 8 heteroatoms. The van der Waals surface area contributed by atoms with E-state index in [2.05, 4.69) is 0 Å². The first-order chi connectivity index (χ1) is 19.4. The molecule has 0 saturated carbocycles. The average Bonchev–Trinajstić information content (AvgIpc) is 2.92. The molecule has 3 rings (SSSR count). The Balaban J connectivity index is 1.42. The molecule has 0 N–H and O–H groups in total. The van der Waals surface area contributed by atoms with Crippen molar-refractivity contribution in [1.82, 2.24) is 0 Å². The van der Waals surface area contributed by atoms with Crippen LogP contribution < -0.4 is 9.47 Å². The van der Waals surface area contributed by atoms with Crippen molar-refractivity contribution < 1.29 is 28.5 Å². The fraction of sp³-hybridized carbons (Fsp3) is 0.250. The maximum absolute atomic E-state index is 11.6. The molecule has 210 valence electrons. The van der Waals surface area contributed by atoms with Crippen LogP contribution in [-0.2, 0) is 31.9 Å². The molecule has 6 nitrogen and oxygen atoms in total. The van der Waals surface area contributed by atoms with E-state index in [1.807, 2.05) is 48.6 Å². The lowest BCUT2D eigenvalue weighted by atomic mass is 10.1. The zero-order valence-corrected chi connectivity index (χ0v) is 24.0. The topological polar surface area (TPSA) is 71.1 Å². The van der Waals surface area contributed by atoms with Crippen molar-refractivity contribution in [2.75, 3.05) is 26.4 Å². The minimum atomic E-state index is -0.309. The van der Waals surface area contributed by atoms with Crippen molar-refractivity contribution in [2.24, 2.45) is 0 Å². The van der Waals surface area contributed by atoms with Crippen LogP contribution in [0.3, 0.4) is 0 Å². The van der Waals surface area contributed by atoms with Crippen molar-refractivity contribution in [3.63, 3.8) is 0 Å². The summed E-state index contributed by atoms with van der Waals surface area (Å²) in [5, 5.41) is 0.917. The first-order valence-corrected chi connectivity index (χ1v) is 13.7. The van der Waals surface area contributed by atoms with Gasteiger partial charge in [0.1, 0.15) is 24.7 Å². The van der Waals surface area contributed by atoms with Gasteiger partial charge in [-0.25, -0.2) is 0 Å². The van der Waals surface area contributed by atoms with E-state index in [0.717, 1.165) is 16.7 Å². The second-order valence-corrected chi connectivity index (χ2v) is 9.39. The molecule has 0 aliphatic rings. The quantitative estimate of drug-likeness (QED) is 0.184. The van der Waals surface area contributed by atoms with Crippen LogP contribution in [-0.4, -0.2) is 38.4 Å². The molecule has 40 heavy (non-hydrogen) atoms. The normalized spacial score (nSPS) is 11.1. The van der Waals surface area contributed by atoms with Crippen LogP contribution in [0.15, 0.2) is 72.8 Å². The Labute approximate surface area is 245 Å². The Hall–Kier alpha value is -3.74. The Morgan fingerprint density at radius 2 is 1.30 bits per heavy atom. The Morgan fingerprint density at radius 3 is 1.88 bits per heavy atom. The van der Waals surface area contributed by atoms with Crippen LogP contribution >= 0.6 is 23.2 Å². The van der Waals surface area contributed by atoms with Gasteiger partial charge in [-0.2, -0.15) is 0 Å². The van der Waals surface area contributed by atoms with Crippen molar-refractivity contribution in [2.45, 2.75) is 26.7 Å². The van der Waals surface area contributed by atoms with E-state index < -0.39 is 0 Å². The van der Waals surface area contributed by atoms with Crippen LogP contribution in [0.1, 0.15) is 36.1 Å². The summed E-state index contributed by atoms with van der Waals surface area (Å²) in [6.07, 6.45) is 8.07. The molecule has 0 aliphatic heterocycles. The fourth-order valence-corrected chi connectivity index (χ4v) is 4.14. The van der Waals surface area contributed by atoms with Gasteiger partial charge in [-0.05, 0) is 72.5 Å². The van der Waals surface area contributed by atoms with Crippen LogP contribution in [0.5, 0.6) is 11.5 Å². The first kappa shape index (κ1) is 30.8. The number of rotatable bonds is 14. The van der Waals surface area contributed by atoms with E-state index in [0.29, 0.717) is 53.5 Å². The molecule has 0 bridgehead atoms. The number of benzene rings is 3. The zero-order chi connectivity index (χ0) is 28.7. The Morgan fingerprint density at radius 1 is 0.700 bits per heavy atom. The minimum Gasteiger partial charge on any atom is -0.489 e. The van der Waals surface area contributed by atoms with E-state index in [1.165, 1.54) is 0 Å². The highest BCUT2D eigenvalue weighted by atomic mass is 35.5. The number of carbonyl (C=O) groups excluding carboxylic acids is 2. The van der Waals surface area contributed by atoms with Gasteiger partial charge in [0, 0.05) is 5.02 Å². The summed E-state index contributed by atoms with van der Waals surface area (Å²) < 4.78 is 21.4. The monoisotopic (exact) mass is 582 g/mol. The number of ether oxygens (including phenoxy) is 4. The number of halogens is 2. The first-order valence-electron chi connectivity index (χ1n) is 12.9. The van der Waals surface area contributed by atoms with E-state index in [1.54, 1.807) is 50.2 Å². The second-order valence-electron chi connectivity index (χ2n) is 8.57. The standard InChI is InChI=1S/C32H32Cl2O6/c1-3-37-31(35)20-25-13-16-30(29(34)19-25)40-18-6-8-24-11-9-23(10-12-24)7-5-17-39-27-15-14-26(28(33)22-27)21-32(36)38-4-2/h5-16,19,22H,3-4,17-18,20-21H2,1-2H3/b7-5+,8-6+. The maximum Gasteiger partial charge on any atom is 0.310 e. The highest BCUT2D eigenvalue weighted by Gasteiger charge is 2.09. The van der Waals surface area contributed by atoms with Crippen molar-refractivity contribution in [3.8, 4) is 11.5 Å². The van der Waals surface area contributed by atoms with Gasteiger partial charge in [-0.1, -0.05) is 71.8 Å². The average molecular weight is 584 g/mol. The van der Waals surface area contributed by atoms with Gasteiger partial charge in [-0.3, -0.25) is 9.59 Å². The largest absolute Gasteiger partial charge is 0.489 e. The van der Waals surface area contributed by atoms with Gasteiger partial charge in [0.05, 0.1) is 31.1 Å². The summed E-state index contributed by atoms with van der Waals surface area (Å²) in [5.74, 6) is 0.581. The Kier molecular flexibility index (Phi) is 12.6. The van der Waals surface area contributed by atoms with Crippen molar-refractivity contribution >= 4 is 47.3 Å². The van der Waals surface area contributed by atoms with Crippen molar-refractivity contribution in [1.29, 1.82) is 0 Å². The smallest absolute Gasteiger partial charge is 0.310 e. The predicted molar refractivity (Wildman–Crippen MR) is 159 cm³/mol. The van der Waals surface area contributed by atoms with Crippen LogP contribution in [0, 0.1) is 0 Å². The number of hydrogen-bond acceptors (Lipinski definition) is 6. The van der Waals surface area contributed by atoms with Gasteiger partial charge in [-0.15, -0.1) is 0 Å². The summed E-state index contributed by atoms with van der Waals surface area (Å²) >= 11 is 12.6. The molecule has 0 fully saturated rings. The molecule has 0 atom stereocenters. The highest BCUT2D eigenvalue weighted by Crippen LogP contribution is 2.26. The van der Waals surface area contributed by atoms with Crippen LogP contribution in [0.25, 0.3) is 12.2 Å². The number of carbonyl (C=O) groups is 2. The van der Waals surface area contributed by atoms with Crippen molar-refractivity contribution in [3.05, 3.63) is 105 Å². The third-order valence-electron chi connectivity index (χ3n) is 5.55. The van der Waals surface area contributed by atoms with E-state index >= 15 is 0 Å². The van der Waals surface area contributed by atoms with Gasteiger partial charge in [0.15, 0.2) is 0 Å². The molecule has 0 unspecified atom stereocenters. The maximum atomic E-state index is 11.6. The molecule has 0 aromatic heterocycles. The molecular formula is C32H32Cl2O6. The zero-order valence-electron chi connectivity index (χ0n) is 22.5. The summed E-state index contributed by atoms with van der Waals surface area (Å²) in [7, 11) is 0. The third kappa shape index (κ3) is 10.4. The van der Waals surface area contributed by atoms with Gasteiger partial charge in [0.2, 0.25) is 0 Å². The minimum absolute atomic E-state index is 0.132. The second kappa shape index (κ2) is 16.4. The Bertz CT molecular complexity index is 1330. The molecule has 0 radical (unpaired) electrons. The lowest BCUT2D eigenvalue weighted by Gasteiger charge is -2.08. The van der Waals surface area contributed by atoms with Gasteiger partial charge >= 0.3 is 11.9 Å². The summed E-state index contributed by atoms with van der Waals surface area (Å²) in [6.45, 7) is 4.96. The predicted octanol–water partition coefficient (Wildman–Crippen LogP) is 7.39. The number of esters is 2. The van der Waals surface area contributed by atoms with E-state index in [9.17, 15) is 9.59 Å². The van der Waals surface area contributed by atoms with Gasteiger partial charge in [0.25, 0.3) is 0 Å². The van der Waals surface area contributed by atoms with Crippen LogP contribution in [0.2, 0.25) is 10.0 Å². The molecule has 0 spiro atoms. The molecule has 0 saturated heterocycles. The molecular weight excluding hydrogens is 551 g/mol.